The lowest BCUT2D eigenvalue weighted by Crippen LogP contribution is -2.45. The molecule has 0 spiro atoms. The molecular formula is C26H32N6O5S. The third kappa shape index (κ3) is 6.75. The first kappa shape index (κ1) is 27.3. The molecule has 1 fully saturated rings. The third-order valence-corrected chi connectivity index (χ3v) is 6.71. The summed E-state index contributed by atoms with van der Waals surface area (Å²) in [6.07, 6.45) is 4.73. The fourth-order valence-corrected chi connectivity index (χ4v) is 4.85. The minimum Gasteiger partial charge on any atom is -0.494 e. The van der Waals surface area contributed by atoms with Crippen LogP contribution in [-0.4, -0.2) is 67.4 Å². The molecule has 38 heavy (non-hydrogen) atoms. The summed E-state index contributed by atoms with van der Waals surface area (Å²) < 4.78 is 35.9. The number of ether oxygens (including phenoxy) is 2. The first-order valence-electron chi connectivity index (χ1n) is 12.3. The number of carbonyl (C=O) groups excluding carboxylic acids is 1. The standard InChI is InChI=1S/C26H32N6O5S/c1-6-36-20-9-25(31-26(10-20)38(5,34)35)30-23-11-24(29-18(4)33)28-13-21(23)22-8-7-19(12-27-22)32-14-16(2)37-17(3)15-32/h7-13,16-17H,6,14-15H2,1-5H3,(H2,28,29,30,31,33)/t16-,17+. The van der Waals surface area contributed by atoms with Gasteiger partial charge in [0.1, 0.15) is 17.4 Å². The molecule has 1 aliphatic rings. The fourth-order valence-electron chi connectivity index (χ4n) is 4.26. The van der Waals surface area contributed by atoms with E-state index < -0.39 is 9.84 Å². The molecule has 1 amide bonds. The summed E-state index contributed by atoms with van der Waals surface area (Å²) in [5.74, 6) is 0.662. The highest BCUT2D eigenvalue weighted by Crippen LogP contribution is 2.33. The van der Waals surface area contributed by atoms with E-state index in [9.17, 15) is 13.2 Å². The van der Waals surface area contributed by atoms with E-state index in [-0.39, 0.29) is 29.0 Å². The van der Waals surface area contributed by atoms with Gasteiger partial charge in [-0.15, -0.1) is 0 Å². The molecule has 0 bridgehead atoms. The van der Waals surface area contributed by atoms with E-state index in [1.54, 1.807) is 24.5 Å². The number of hydrogen-bond acceptors (Lipinski definition) is 10. The van der Waals surface area contributed by atoms with E-state index in [1.807, 2.05) is 19.1 Å². The number of anilines is 4. The number of nitrogens with zero attached hydrogens (tertiary/aromatic N) is 4. The zero-order chi connectivity index (χ0) is 27.4. The summed E-state index contributed by atoms with van der Waals surface area (Å²) in [7, 11) is -3.59. The SMILES string of the molecule is CCOc1cc(Nc2cc(NC(C)=O)ncc2-c2ccc(N3C[C@@H](C)O[C@@H](C)C3)cn2)nc(S(C)(=O)=O)c1. The molecule has 202 valence electrons. The smallest absolute Gasteiger partial charge is 0.222 e. The number of sulfone groups is 1. The summed E-state index contributed by atoms with van der Waals surface area (Å²) in [5, 5.41) is 5.71. The molecule has 4 heterocycles. The van der Waals surface area contributed by atoms with Crippen molar-refractivity contribution in [2.75, 3.05) is 41.5 Å². The Kier molecular flexibility index (Phi) is 8.12. The molecule has 1 aliphatic heterocycles. The van der Waals surface area contributed by atoms with Gasteiger partial charge in [-0.25, -0.2) is 18.4 Å². The zero-order valence-electron chi connectivity index (χ0n) is 22.1. The number of morpholine rings is 1. The molecule has 0 aromatic carbocycles. The summed E-state index contributed by atoms with van der Waals surface area (Å²) >= 11 is 0. The average Bonchev–Trinajstić information content (AvgIpc) is 2.83. The van der Waals surface area contributed by atoms with Crippen LogP contribution in [0.15, 0.2) is 47.8 Å². The van der Waals surface area contributed by atoms with Gasteiger partial charge in [0.25, 0.3) is 0 Å². The zero-order valence-corrected chi connectivity index (χ0v) is 22.9. The maximum absolute atomic E-state index is 12.2. The quantitative estimate of drug-likeness (QED) is 0.436. The number of hydrogen-bond donors (Lipinski definition) is 2. The number of aromatic nitrogens is 3. The maximum atomic E-state index is 12.2. The highest BCUT2D eigenvalue weighted by molar-refractivity contribution is 7.90. The van der Waals surface area contributed by atoms with Gasteiger partial charge in [-0.3, -0.25) is 9.78 Å². The highest BCUT2D eigenvalue weighted by atomic mass is 32.2. The predicted molar refractivity (Wildman–Crippen MR) is 146 cm³/mol. The van der Waals surface area contributed by atoms with Crippen LogP contribution in [0, 0.1) is 0 Å². The van der Waals surface area contributed by atoms with Crippen molar-refractivity contribution in [3.05, 3.63) is 42.7 Å². The summed E-state index contributed by atoms with van der Waals surface area (Å²) in [6, 6.07) is 8.53. The number of amides is 1. The molecule has 0 saturated carbocycles. The first-order valence-corrected chi connectivity index (χ1v) is 14.2. The number of nitrogens with one attached hydrogen (secondary N) is 2. The molecule has 12 heteroatoms. The Morgan fingerprint density at radius 3 is 2.45 bits per heavy atom. The Hall–Kier alpha value is -3.77. The largest absolute Gasteiger partial charge is 0.494 e. The lowest BCUT2D eigenvalue weighted by Gasteiger charge is -2.36. The second-order valence-electron chi connectivity index (χ2n) is 9.22. The van der Waals surface area contributed by atoms with E-state index in [2.05, 4.69) is 44.3 Å². The van der Waals surface area contributed by atoms with Crippen LogP contribution in [0.3, 0.4) is 0 Å². The first-order chi connectivity index (χ1) is 18.0. The van der Waals surface area contributed by atoms with E-state index in [1.165, 1.54) is 13.0 Å². The normalized spacial score (nSPS) is 17.7. The van der Waals surface area contributed by atoms with Crippen molar-refractivity contribution in [2.24, 2.45) is 0 Å². The van der Waals surface area contributed by atoms with Gasteiger partial charge in [0, 0.05) is 56.2 Å². The second-order valence-corrected chi connectivity index (χ2v) is 11.2. The van der Waals surface area contributed by atoms with Gasteiger partial charge in [0.15, 0.2) is 14.9 Å². The third-order valence-electron chi connectivity index (χ3n) is 5.75. The van der Waals surface area contributed by atoms with Gasteiger partial charge in [-0.05, 0) is 32.9 Å². The average molecular weight is 541 g/mol. The van der Waals surface area contributed by atoms with Crippen LogP contribution in [0.4, 0.5) is 23.0 Å². The highest BCUT2D eigenvalue weighted by Gasteiger charge is 2.23. The summed E-state index contributed by atoms with van der Waals surface area (Å²) in [5.41, 5.74) is 2.78. The minimum absolute atomic E-state index is 0.122. The molecule has 3 aromatic heterocycles. The van der Waals surface area contributed by atoms with Gasteiger partial charge in [0.2, 0.25) is 5.91 Å². The van der Waals surface area contributed by atoms with Crippen LogP contribution >= 0.6 is 0 Å². The van der Waals surface area contributed by atoms with Crippen LogP contribution in [0.1, 0.15) is 27.7 Å². The van der Waals surface area contributed by atoms with Crippen molar-refractivity contribution < 1.29 is 22.7 Å². The molecule has 2 atom stereocenters. The monoisotopic (exact) mass is 540 g/mol. The lowest BCUT2D eigenvalue weighted by atomic mass is 10.1. The molecule has 3 aromatic rings. The topological polar surface area (TPSA) is 136 Å². The minimum atomic E-state index is -3.59. The number of pyridine rings is 3. The Labute approximate surface area is 222 Å². The summed E-state index contributed by atoms with van der Waals surface area (Å²) in [4.78, 5) is 27.2. The van der Waals surface area contributed by atoms with Gasteiger partial charge >= 0.3 is 0 Å². The molecule has 4 rings (SSSR count). The van der Waals surface area contributed by atoms with E-state index in [0.717, 1.165) is 25.0 Å². The van der Waals surface area contributed by atoms with Crippen molar-refractivity contribution in [2.45, 2.75) is 44.9 Å². The number of carbonyl (C=O) groups is 1. The molecular weight excluding hydrogens is 508 g/mol. The Morgan fingerprint density at radius 1 is 1.11 bits per heavy atom. The van der Waals surface area contributed by atoms with Crippen LogP contribution in [0.5, 0.6) is 5.75 Å². The van der Waals surface area contributed by atoms with Crippen LogP contribution in [0.2, 0.25) is 0 Å². The van der Waals surface area contributed by atoms with Crippen molar-refractivity contribution in [3.63, 3.8) is 0 Å². The van der Waals surface area contributed by atoms with Crippen molar-refractivity contribution in [3.8, 4) is 17.0 Å². The van der Waals surface area contributed by atoms with Crippen molar-refractivity contribution in [1.82, 2.24) is 15.0 Å². The molecule has 1 saturated heterocycles. The summed E-state index contributed by atoms with van der Waals surface area (Å²) in [6.45, 7) is 9.20. The van der Waals surface area contributed by atoms with Gasteiger partial charge in [-0.2, -0.15) is 0 Å². The molecule has 2 N–H and O–H groups in total. The Morgan fingerprint density at radius 2 is 1.84 bits per heavy atom. The van der Waals surface area contributed by atoms with Crippen LogP contribution in [-0.2, 0) is 19.4 Å². The Balaban J connectivity index is 1.71. The van der Waals surface area contributed by atoms with Gasteiger partial charge < -0.3 is 25.0 Å². The Bertz CT molecular complexity index is 1400. The predicted octanol–water partition coefficient (Wildman–Crippen LogP) is 3.66. The molecule has 0 radical (unpaired) electrons. The maximum Gasteiger partial charge on any atom is 0.222 e. The van der Waals surface area contributed by atoms with Crippen LogP contribution in [0.25, 0.3) is 11.3 Å². The molecule has 0 aliphatic carbocycles. The fraction of sp³-hybridized carbons (Fsp3) is 0.385. The number of rotatable bonds is 8. The van der Waals surface area contributed by atoms with E-state index in [4.69, 9.17) is 9.47 Å². The van der Waals surface area contributed by atoms with Crippen molar-refractivity contribution >= 4 is 38.8 Å². The van der Waals surface area contributed by atoms with E-state index >= 15 is 0 Å². The van der Waals surface area contributed by atoms with E-state index in [0.29, 0.717) is 35.1 Å². The van der Waals surface area contributed by atoms with Crippen molar-refractivity contribution in [1.29, 1.82) is 0 Å². The second kappa shape index (κ2) is 11.3. The molecule has 0 unspecified atom stereocenters. The molecule has 11 nitrogen and oxygen atoms in total. The van der Waals surface area contributed by atoms with Gasteiger partial charge in [0.05, 0.1) is 42.1 Å². The lowest BCUT2D eigenvalue weighted by molar-refractivity contribution is -0.114. The van der Waals surface area contributed by atoms with Gasteiger partial charge in [-0.1, -0.05) is 0 Å². The van der Waals surface area contributed by atoms with Crippen LogP contribution < -0.4 is 20.3 Å².